The van der Waals surface area contributed by atoms with Crippen LogP contribution in [0.5, 0.6) is 0 Å². The van der Waals surface area contributed by atoms with Crippen LogP contribution in [0.4, 0.5) is 0 Å². The molecule has 0 aromatic heterocycles. The van der Waals surface area contributed by atoms with Gasteiger partial charge >= 0.3 is 0 Å². The third kappa shape index (κ3) is 0.340. The van der Waals surface area contributed by atoms with Gasteiger partial charge in [0.2, 0.25) is 0 Å². The molecule has 0 aromatic rings. The average molecular weight is 84.1 g/mol. The van der Waals surface area contributed by atoms with E-state index >= 15 is 0 Å². The molecule has 0 aromatic carbocycles. The van der Waals surface area contributed by atoms with Gasteiger partial charge in [0.25, 0.3) is 0 Å². The van der Waals surface area contributed by atoms with Gasteiger partial charge in [-0.05, 0) is 12.8 Å². The first kappa shape index (κ1) is 2.99. The largest absolute Gasteiger partial charge is 0.238 e. The molecule has 0 amide bonds. The highest BCUT2D eigenvalue weighted by Crippen LogP contribution is 2.27. The molecule has 0 bridgehead atoms. The molecule has 1 aliphatic heterocycles. The van der Waals surface area contributed by atoms with Crippen LogP contribution in [0.15, 0.2) is 0 Å². The van der Waals surface area contributed by atoms with Gasteiger partial charge < -0.3 is 0 Å². The number of hydrazine groups is 1. The van der Waals surface area contributed by atoms with E-state index in [9.17, 15) is 0 Å². The summed E-state index contributed by atoms with van der Waals surface area (Å²) in [6.07, 6.45) is 2.85. The lowest BCUT2D eigenvalue weighted by Crippen LogP contribution is -2.00. The highest BCUT2D eigenvalue weighted by atomic mass is 15.7. The van der Waals surface area contributed by atoms with Gasteiger partial charge in [-0.2, -0.15) is 0 Å². The Morgan fingerprint density at radius 2 is 2.17 bits per heavy atom. The maximum absolute atomic E-state index is 3.13. The maximum atomic E-state index is 3.13. The first-order chi connectivity index (χ1) is 2.97. The van der Waals surface area contributed by atoms with Crippen molar-refractivity contribution in [2.45, 2.75) is 18.9 Å². The predicted molar refractivity (Wildman–Crippen MR) is 22.9 cm³/mol. The maximum Gasteiger partial charge on any atom is 0.0757 e. The van der Waals surface area contributed by atoms with Crippen molar-refractivity contribution in [2.24, 2.45) is 0 Å². The van der Waals surface area contributed by atoms with Crippen LogP contribution in [0.2, 0.25) is 0 Å². The van der Waals surface area contributed by atoms with Crippen molar-refractivity contribution in [2.75, 3.05) is 6.67 Å². The number of nitrogens with zero attached hydrogens (tertiary/aromatic N) is 1. The molecule has 34 valence electrons. The SMILES string of the molecule is C1CC1N1CN1. The molecule has 1 atom stereocenters. The zero-order valence-electron chi connectivity index (χ0n) is 3.65. The Hall–Kier alpha value is -0.0800. The summed E-state index contributed by atoms with van der Waals surface area (Å²) in [6.45, 7) is 1.14. The normalized spacial score (nSPS) is 43.0. The Morgan fingerprint density at radius 3 is 2.33 bits per heavy atom. The molecule has 2 aliphatic rings. The lowest BCUT2D eigenvalue weighted by atomic mass is 10.7. The van der Waals surface area contributed by atoms with Gasteiger partial charge in [-0.15, -0.1) is 0 Å². The van der Waals surface area contributed by atoms with E-state index < -0.39 is 0 Å². The summed E-state index contributed by atoms with van der Waals surface area (Å²) in [5.41, 5.74) is 3.13. The second kappa shape index (κ2) is 0.768. The first-order valence-electron chi connectivity index (χ1n) is 2.47. The average Bonchev–Trinajstić information content (AvgIpc) is 2.26. The highest BCUT2D eigenvalue weighted by molar-refractivity contribution is 4.86. The molecule has 1 saturated heterocycles. The highest BCUT2D eigenvalue weighted by Gasteiger charge is 2.35. The molecule has 2 rings (SSSR count). The minimum Gasteiger partial charge on any atom is -0.238 e. The van der Waals surface area contributed by atoms with Crippen LogP contribution >= 0.6 is 0 Å². The molecule has 1 heterocycles. The van der Waals surface area contributed by atoms with E-state index in [2.05, 4.69) is 10.4 Å². The lowest BCUT2D eigenvalue weighted by Gasteiger charge is -1.83. The van der Waals surface area contributed by atoms with Crippen molar-refractivity contribution < 1.29 is 0 Å². The van der Waals surface area contributed by atoms with Gasteiger partial charge in [0.15, 0.2) is 0 Å². The molecular formula is C4H8N2. The summed E-state index contributed by atoms with van der Waals surface area (Å²) in [6, 6.07) is 0.935. The third-order valence-electron chi connectivity index (χ3n) is 1.33. The van der Waals surface area contributed by atoms with Crippen molar-refractivity contribution in [1.29, 1.82) is 0 Å². The van der Waals surface area contributed by atoms with E-state index in [4.69, 9.17) is 0 Å². The van der Waals surface area contributed by atoms with Gasteiger partial charge in [0, 0.05) is 6.04 Å². The summed E-state index contributed by atoms with van der Waals surface area (Å²) in [4.78, 5) is 0. The van der Waals surface area contributed by atoms with Gasteiger partial charge in [-0.3, -0.25) is 0 Å². The van der Waals surface area contributed by atoms with Gasteiger partial charge in [-0.25, -0.2) is 10.4 Å². The number of hydrogen-bond donors (Lipinski definition) is 1. The fourth-order valence-corrected chi connectivity index (χ4v) is 0.685. The number of nitrogens with one attached hydrogen (secondary N) is 1. The second-order valence-electron chi connectivity index (χ2n) is 2.02. The third-order valence-corrected chi connectivity index (χ3v) is 1.33. The zero-order valence-corrected chi connectivity index (χ0v) is 3.65. The fourth-order valence-electron chi connectivity index (χ4n) is 0.685. The Bertz CT molecular complexity index is 53.9. The van der Waals surface area contributed by atoms with Crippen LogP contribution in [0.1, 0.15) is 12.8 Å². The summed E-state index contributed by atoms with van der Waals surface area (Å²) >= 11 is 0. The lowest BCUT2D eigenvalue weighted by molar-refractivity contribution is 0.503. The molecule has 2 heteroatoms. The smallest absolute Gasteiger partial charge is 0.0757 e. The Morgan fingerprint density at radius 1 is 1.50 bits per heavy atom. The Labute approximate surface area is 37.1 Å². The molecule has 1 aliphatic carbocycles. The molecule has 6 heavy (non-hydrogen) atoms. The second-order valence-corrected chi connectivity index (χ2v) is 2.02. The van der Waals surface area contributed by atoms with Gasteiger partial charge in [-0.1, -0.05) is 0 Å². The van der Waals surface area contributed by atoms with Crippen molar-refractivity contribution in [3.8, 4) is 0 Å². The van der Waals surface area contributed by atoms with Crippen molar-refractivity contribution >= 4 is 0 Å². The van der Waals surface area contributed by atoms with Crippen molar-refractivity contribution in [1.82, 2.24) is 10.4 Å². The zero-order chi connectivity index (χ0) is 3.98. The summed E-state index contributed by atoms with van der Waals surface area (Å²) < 4.78 is 0. The molecule has 0 spiro atoms. The Kier molecular flexibility index (Phi) is 0.383. The minimum atomic E-state index is 0.935. The topological polar surface area (TPSA) is 25.0 Å². The standard InChI is InChI=1S/C4H8N2/c1-2-4(1)6-3-5-6/h4-5H,1-3H2. The van der Waals surface area contributed by atoms with Crippen molar-refractivity contribution in [3.63, 3.8) is 0 Å². The summed E-state index contributed by atoms with van der Waals surface area (Å²) in [5, 5.41) is 2.28. The van der Waals surface area contributed by atoms with E-state index in [0.29, 0.717) is 0 Å². The minimum absolute atomic E-state index is 0.935. The molecule has 1 saturated carbocycles. The predicted octanol–water partition coefficient (Wildman–Crippen LogP) is -0.0735. The Balaban J connectivity index is 1.92. The van der Waals surface area contributed by atoms with Crippen LogP contribution in [-0.4, -0.2) is 17.7 Å². The van der Waals surface area contributed by atoms with E-state index in [1.165, 1.54) is 12.8 Å². The molecule has 2 fully saturated rings. The van der Waals surface area contributed by atoms with Crippen molar-refractivity contribution in [3.05, 3.63) is 0 Å². The van der Waals surface area contributed by atoms with E-state index in [0.717, 1.165) is 12.7 Å². The van der Waals surface area contributed by atoms with E-state index in [1.807, 2.05) is 0 Å². The molecule has 1 unspecified atom stereocenters. The molecule has 0 radical (unpaired) electrons. The number of hydrogen-bond acceptors (Lipinski definition) is 2. The van der Waals surface area contributed by atoms with Crippen LogP contribution < -0.4 is 5.43 Å². The van der Waals surface area contributed by atoms with Gasteiger partial charge in [0.05, 0.1) is 6.67 Å². The molecule has 2 nitrogen and oxygen atoms in total. The molecule has 1 N–H and O–H groups in total. The van der Waals surface area contributed by atoms with Crippen LogP contribution in [0.25, 0.3) is 0 Å². The van der Waals surface area contributed by atoms with Crippen LogP contribution in [-0.2, 0) is 0 Å². The van der Waals surface area contributed by atoms with E-state index in [-0.39, 0.29) is 0 Å². The first-order valence-corrected chi connectivity index (χ1v) is 2.47. The molecular weight excluding hydrogens is 76.1 g/mol. The number of rotatable bonds is 1. The summed E-state index contributed by atoms with van der Waals surface area (Å²) in [5.74, 6) is 0. The van der Waals surface area contributed by atoms with Gasteiger partial charge in [0.1, 0.15) is 0 Å². The monoisotopic (exact) mass is 84.1 g/mol. The van der Waals surface area contributed by atoms with Crippen LogP contribution in [0.3, 0.4) is 0 Å². The fraction of sp³-hybridized carbons (Fsp3) is 1.00. The quantitative estimate of drug-likeness (QED) is 0.450. The van der Waals surface area contributed by atoms with E-state index in [1.54, 1.807) is 0 Å². The van der Waals surface area contributed by atoms with Crippen LogP contribution in [0, 0.1) is 0 Å². The summed E-state index contributed by atoms with van der Waals surface area (Å²) in [7, 11) is 0.